The van der Waals surface area contributed by atoms with Crippen molar-refractivity contribution in [3.63, 3.8) is 0 Å². The molecule has 6 nitrogen and oxygen atoms in total. The number of allylic oxidation sites excluding steroid dienone is 1. The fraction of sp³-hybridized carbons (Fsp3) is 0.208. The maximum Gasteiger partial charge on any atom is 0.237 e. The molecule has 1 aromatic heterocycles. The normalized spacial score (nSPS) is 12.1. The highest BCUT2D eigenvalue weighted by atomic mass is 19.1. The predicted octanol–water partition coefficient (Wildman–Crippen LogP) is 4.04. The number of aliphatic hydroxyl groups excluding tert-OH is 2. The van der Waals surface area contributed by atoms with Crippen LogP contribution in [-0.4, -0.2) is 38.8 Å². The molecule has 0 aliphatic rings. The lowest BCUT2D eigenvalue weighted by molar-refractivity contribution is -0.111. The van der Waals surface area contributed by atoms with E-state index in [2.05, 4.69) is 9.98 Å². The average molecular weight is 439 g/mol. The molecule has 0 atom stereocenters. The molecule has 0 saturated carbocycles. The first-order valence-electron chi connectivity index (χ1n) is 9.96. The number of Topliss-reactive ketones (excluding diaryl/α,β-unsaturated/α-hetero) is 1. The van der Waals surface area contributed by atoms with Crippen molar-refractivity contribution >= 4 is 18.1 Å². The average Bonchev–Trinajstić information content (AvgIpc) is 3.17. The summed E-state index contributed by atoms with van der Waals surface area (Å²) >= 11 is 0. The van der Waals surface area contributed by atoms with Gasteiger partial charge in [0.25, 0.3) is 0 Å². The number of benzene rings is 2. The highest BCUT2D eigenvalue weighted by Crippen LogP contribution is 2.29. The Hall–Kier alpha value is -3.65. The van der Waals surface area contributed by atoms with Gasteiger partial charge in [0.1, 0.15) is 17.5 Å². The largest absolute Gasteiger partial charge is 0.504 e. The third-order valence-electron chi connectivity index (χ3n) is 5.08. The number of aromatic nitrogens is 2. The van der Waals surface area contributed by atoms with Crippen molar-refractivity contribution in [3.8, 4) is 0 Å². The van der Waals surface area contributed by atoms with Crippen molar-refractivity contribution in [3.05, 3.63) is 94.8 Å². The van der Waals surface area contributed by atoms with Crippen LogP contribution in [0.25, 0.3) is 6.08 Å². The first-order chi connectivity index (χ1) is 15.4. The van der Waals surface area contributed by atoms with E-state index in [-0.39, 0.29) is 24.2 Å². The summed E-state index contributed by atoms with van der Waals surface area (Å²) < 4.78 is 28.6. The van der Waals surface area contributed by atoms with Crippen LogP contribution >= 0.6 is 0 Å². The van der Waals surface area contributed by atoms with Gasteiger partial charge >= 0.3 is 0 Å². The number of imidazole rings is 1. The Bertz CT molecular complexity index is 1070. The molecule has 2 aromatic carbocycles. The van der Waals surface area contributed by atoms with Crippen molar-refractivity contribution in [1.29, 1.82) is 0 Å². The molecule has 2 N–H and O–H groups in total. The molecular formula is C24H23F2N3O3. The topological polar surface area (TPSA) is 87.7 Å². The third-order valence-corrected chi connectivity index (χ3v) is 5.08. The maximum atomic E-state index is 13.5. The minimum absolute atomic E-state index is 0.190. The molecule has 0 bridgehead atoms. The second-order valence-electron chi connectivity index (χ2n) is 7.14. The molecule has 0 aliphatic heterocycles. The van der Waals surface area contributed by atoms with Gasteiger partial charge in [-0.15, -0.1) is 0 Å². The van der Waals surface area contributed by atoms with Crippen LogP contribution in [-0.2, 0) is 17.9 Å². The Balaban J connectivity index is 1.92. The summed E-state index contributed by atoms with van der Waals surface area (Å²) in [5, 5.41) is 19.7. The molecule has 3 aromatic rings. The molecule has 0 spiro atoms. The summed E-state index contributed by atoms with van der Waals surface area (Å²) in [4.78, 5) is 19.6. The number of ketones is 1. The van der Waals surface area contributed by atoms with Crippen LogP contribution in [0.4, 0.5) is 8.78 Å². The molecule has 0 saturated heterocycles. The minimum atomic E-state index is -0.664. The lowest BCUT2D eigenvalue weighted by Crippen LogP contribution is -2.11. The second-order valence-corrected chi connectivity index (χ2v) is 7.14. The number of nitrogens with zero attached hydrogens (tertiary/aromatic N) is 3. The fourth-order valence-corrected chi connectivity index (χ4v) is 3.48. The molecule has 0 radical (unpaired) electrons. The summed E-state index contributed by atoms with van der Waals surface area (Å²) in [5.74, 6) is -1.80. The summed E-state index contributed by atoms with van der Waals surface area (Å²) in [6.45, 7) is 0.0776. The van der Waals surface area contributed by atoms with Gasteiger partial charge in [0.15, 0.2) is 5.76 Å². The van der Waals surface area contributed by atoms with E-state index < -0.39 is 11.5 Å². The number of aliphatic imine (C=N–C) groups is 1. The van der Waals surface area contributed by atoms with E-state index in [1.165, 1.54) is 43.6 Å². The molecule has 166 valence electrons. The molecule has 0 aliphatic carbocycles. The van der Waals surface area contributed by atoms with Crippen molar-refractivity contribution < 1.29 is 23.8 Å². The highest BCUT2D eigenvalue weighted by molar-refractivity contribution is 6.35. The zero-order chi connectivity index (χ0) is 23.1. The Morgan fingerprint density at radius 3 is 2.16 bits per heavy atom. The lowest BCUT2D eigenvalue weighted by atomic mass is 9.88. The van der Waals surface area contributed by atoms with Gasteiger partial charge in [0.05, 0.1) is 24.7 Å². The van der Waals surface area contributed by atoms with Crippen LogP contribution in [0.3, 0.4) is 0 Å². The van der Waals surface area contributed by atoms with Gasteiger partial charge in [0.2, 0.25) is 5.78 Å². The highest BCUT2D eigenvalue weighted by Gasteiger charge is 2.18. The van der Waals surface area contributed by atoms with Gasteiger partial charge in [-0.05, 0) is 41.8 Å². The van der Waals surface area contributed by atoms with Crippen LogP contribution in [0.2, 0.25) is 0 Å². The van der Waals surface area contributed by atoms with Gasteiger partial charge in [-0.25, -0.2) is 13.8 Å². The van der Waals surface area contributed by atoms with E-state index in [1.807, 2.05) is 0 Å². The number of hydrogen-bond acceptors (Lipinski definition) is 5. The monoisotopic (exact) mass is 439 g/mol. The smallest absolute Gasteiger partial charge is 0.237 e. The maximum absolute atomic E-state index is 13.5. The zero-order valence-electron chi connectivity index (χ0n) is 17.4. The van der Waals surface area contributed by atoms with E-state index in [9.17, 15) is 23.8 Å². The SMILES string of the molecule is CN=CC(=O)/C(O)=C/c1ncc(CO)n1CCC(c1ccc(F)cc1)c1ccc(F)cc1. The van der Waals surface area contributed by atoms with Crippen molar-refractivity contribution in [2.45, 2.75) is 25.5 Å². The van der Waals surface area contributed by atoms with Gasteiger partial charge in [-0.1, -0.05) is 24.3 Å². The van der Waals surface area contributed by atoms with Gasteiger partial charge < -0.3 is 14.8 Å². The summed E-state index contributed by atoms with van der Waals surface area (Å²) in [5.41, 5.74) is 2.19. The van der Waals surface area contributed by atoms with Crippen LogP contribution < -0.4 is 0 Å². The number of rotatable bonds is 9. The van der Waals surface area contributed by atoms with E-state index in [0.717, 1.165) is 17.3 Å². The molecule has 0 fully saturated rings. The Morgan fingerprint density at radius 1 is 1.09 bits per heavy atom. The Labute approximate surface area is 184 Å². The van der Waals surface area contributed by atoms with E-state index in [4.69, 9.17) is 0 Å². The van der Waals surface area contributed by atoms with Crippen molar-refractivity contribution in [2.75, 3.05) is 7.05 Å². The quantitative estimate of drug-likeness (QED) is 0.299. The first kappa shape index (κ1) is 23.0. The summed E-state index contributed by atoms with van der Waals surface area (Å²) in [6, 6.07) is 12.2. The molecule has 32 heavy (non-hydrogen) atoms. The van der Waals surface area contributed by atoms with E-state index >= 15 is 0 Å². The standard InChI is InChI=1S/C24H23F2N3O3/c1-27-14-23(32)22(31)12-24-28-13-20(15-30)29(24)11-10-21(16-2-6-18(25)7-3-16)17-4-8-19(26)9-5-17/h2-9,12-14,21,30-31H,10-11,15H2,1H3/b22-12-,27-14?. The lowest BCUT2D eigenvalue weighted by Gasteiger charge is -2.20. The van der Waals surface area contributed by atoms with Gasteiger partial charge in [0, 0.05) is 25.6 Å². The van der Waals surface area contributed by atoms with Crippen LogP contribution in [0.5, 0.6) is 0 Å². The zero-order valence-corrected chi connectivity index (χ0v) is 17.4. The molecule has 0 amide bonds. The Morgan fingerprint density at radius 2 is 1.66 bits per heavy atom. The third kappa shape index (κ3) is 5.53. The van der Waals surface area contributed by atoms with Crippen LogP contribution in [0.15, 0.2) is 65.5 Å². The number of hydrogen-bond donors (Lipinski definition) is 2. The number of aliphatic hydroxyl groups is 2. The van der Waals surface area contributed by atoms with Gasteiger partial charge in [-0.3, -0.25) is 9.79 Å². The predicted molar refractivity (Wildman–Crippen MR) is 117 cm³/mol. The molecular weight excluding hydrogens is 416 g/mol. The van der Waals surface area contributed by atoms with Crippen LogP contribution in [0.1, 0.15) is 35.0 Å². The molecule has 0 unspecified atom stereocenters. The fourth-order valence-electron chi connectivity index (χ4n) is 3.48. The second kappa shape index (κ2) is 10.6. The first-order valence-corrected chi connectivity index (χ1v) is 9.96. The minimum Gasteiger partial charge on any atom is -0.504 e. The molecule has 8 heteroatoms. The van der Waals surface area contributed by atoms with Crippen LogP contribution in [0, 0.1) is 11.6 Å². The van der Waals surface area contributed by atoms with E-state index in [0.29, 0.717) is 24.5 Å². The Kier molecular flexibility index (Phi) is 7.62. The molecule has 3 rings (SSSR count). The van der Waals surface area contributed by atoms with E-state index in [1.54, 1.807) is 28.8 Å². The number of carbonyl (C=O) groups is 1. The van der Waals surface area contributed by atoms with Crippen molar-refractivity contribution in [2.24, 2.45) is 4.99 Å². The summed E-state index contributed by atoms with van der Waals surface area (Å²) in [6.07, 6.45) is 4.17. The molecule has 1 heterocycles. The van der Waals surface area contributed by atoms with Crippen molar-refractivity contribution in [1.82, 2.24) is 9.55 Å². The number of carbonyl (C=O) groups excluding carboxylic acids is 1. The van der Waals surface area contributed by atoms with Gasteiger partial charge in [-0.2, -0.15) is 0 Å². The summed E-state index contributed by atoms with van der Waals surface area (Å²) in [7, 11) is 1.42. The number of halogens is 2.